The highest BCUT2D eigenvalue weighted by atomic mass is 16.5. The fraction of sp³-hybridized carbons (Fsp3) is 0.345. The molecule has 1 N–H and O–H groups in total. The molecule has 0 aliphatic heterocycles. The first kappa shape index (κ1) is 23.7. The molecule has 3 aromatic carbocycles. The van der Waals surface area contributed by atoms with Gasteiger partial charge >= 0.3 is 5.97 Å². The molecule has 0 saturated carbocycles. The van der Waals surface area contributed by atoms with Crippen LogP contribution in [0.15, 0.2) is 66.7 Å². The molecular formula is C29H34O3. The number of benzene rings is 3. The minimum absolute atomic E-state index is 0.137. The number of fused-ring (bicyclic) bond motifs is 1. The Hall–Kier alpha value is -2.91. The van der Waals surface area contributed by atoms with E-state index in [1.54, 1.807) is 6.92 Å². The molecule has 0 aromatic heterocycles. The molecule has 0 aliphatic carbocycles. The number of ether oxygens (including phenoxy) is 1. The van der Waals surface area contributed by atoms with E-state index in [0.717, 1.165) is 35.1 Å². The van der Waals surface area contributed by atoms with Crippen molar-refractivity contribution in [2.24, 2.45) is 0 Å². The highest BCUT2D eigenvalue weighted by molar-refractivity contribution is 5.88. The highest BCUT2D eigenvalue weighted by Gasteiger charge is 2.10. The average molecular weight is 431 g/mol. The lowest BCUT2D eigenvalue weighted by atomic mass is 9.95. The molecule has 168 valence electrons. The fourth-order valence-electron chi connectivity index (χ4n) is 3.93. The van der Waals surface area contributed by atoms with E-state index < -0.39 is 0 Å². The van der Waals surface area contributed by atoms with Crippen molar-refractivity contribution < 1.29 is 14.6 Å². The second kappa shape index (κ2) is 11.6. The molecule has 0 unspecified atom stereocenters. The largest absolute Gasteiger partial charge is 0.457 e. The molecule has 3 heteroatoms. The standard InChI is InChI=1S/C29H34O3/c1-4-5-6-8-22-10-11-25-18-26(15-14-24(25)17-22)27-13-12-23(9-7-16-30)28(19-27)20-32-29(31)21(2)3/h10-15,17-19,30H,2,4-9,16,20H2,1,3H3. The van der Waals surface area contributed by atoms with Gasteiger partial charge < -0.3 is 9.84 Å². The van der Waals surface area contributed by atoms with E-state index in [4.69, 9.17) is 4.74 Å². The molecule has 0 fully saturated rings. The number of carbonyl (C=O) groups excluding carboxylic acids is 1. The molecule has 32 heavy (non-hydrogen) atoms. The van der Waals surface area contributed by atoms with Crippen LogP contribution in [0.1, 0.15) is 56.2 Å². The van der Waals surface area contributed by atoms with Crippen LogP contribution in [-0.4, -0.2) is 17.7 Å². The van der Waals surface area contributed by atoms with Crippen LogP contribution >= 0.6 is 0 Å². The normalized spacial score (nSPS) is 11.0. The van der Waals surface area contributed by atoms with Crippen molar-refractivity contribution in [1.82, 2.24) is 0 Å². The van der Waals surface area contributed by atoms with Crippen LogP contribution in [0.3, 0.4) is 0 Å². The zero-order valence-electron chi connectivity index (χ0n) is 19.3. The zero-order valence-corrected chi connectivity index (χ0v) is 19.3. The molecule has 3 nitrogen and oxygen atoms in total. The number of unbranched alkanes of at least 4 members (excludes halogenated alkanes) is 2. The zero-order chi connectivity index (χ0) is 22.9. The van der Waals surface area contributed by atoms with E-state index >= 15 is 0 Å². The Balaban J connectivity index is 1.86. The molecule has 0 heterocycles. The smallest absolute Gasteiger partial charge is 0.333 e. The van der Waals surface area contributed by atoms with Crippen molar-refractivity contribution in [3.8, 4) is 11.1 Å². The van der Waals surface area contributed by atoms with Crippen molar-refractivity contribution in [2.45, 2.75) is 59.0 Å². The van der Waals surface area contributed by atoms with Gasteiger partial charge in [-0.2, -0.15) is 0 Å². The number of rotatable bonds is 11. The maximum absolute atomic E-state index is 11.9. The maximum atomic E-state index is 11.9. The summed E-state index contributed by atoms with van der Waals surface area (Å²) in [4.78, 5) is 11.9. The van der Waals surface area contributed by atoms with Crippen molar-refractivity contribution >= 4 is 16.7 Å². The minimum Gasteiger partial charge on any atom is -0.457 e. The van der Waals surface area contributed by atoms with Gasteiger partial charge in [0.15, 0.2) is 0 Å². The fourth-order valence-corrected chi connectivity index (χ4v) is 3.93. The number of aliphatic hydroxyl groups is 1. The first-order chi connectivity index (χ1) is 15.5. The maximum Gasteiger partial charge on any atom is 0.333 e. The number of hydrogen-bond donors (Lipinski definition) is 1. The third-order valence-electron chi connectivity index (χ3n) is 5.82. The van der Waals surface area contributed by atoms with Gasteiger partial charge in [0.05, 0.1) is 0 Å². The van der Waals surface area contributed by atoms with Gasteiger partial charge in [-0.05, 0) is 83.3 Å². The Labute approximate surface area is 191 Å². The molecule has 0 aliphatic rings. The van der Waals surface area contributed by atoms with Crippen molar-refractivity contribution in [3.63, 3.8) is 0 Å². The van der Waals surface area contributed by atoms with E-state index in [0.29, 0.717) is 12.0 Å². The lowest BCUT2D eigenvalue weighted by Gasteiger charge is -2.13. The molecule has 3 aromatic rings. The summed E-state index contributed by atoms with van der Waals surface area (Å²) in [5, 5.41) is 11.7. The molecule has 0 saturated heterocycles. The summed E-state index contributed by atoms with van der Waals surface area (Å²) in [7, 11) is 0. The summed E-state index contributed by atoms with van der Waals surface area (Å²) in [6.07, 6.45) is 6.31. The van der Waals surface area contributed by atoms with E-state index in [1.165, 1.54) is 35.6 Å². The summed E-state index contributed by atoms with van der Waals surface area (Å²) in [5.74, 6) is -0.385. The lowest BCUT2D eigenvalue weighted by molar-refractivity contribution is -0.140. The number of hydrogen-bond acceptors (Lipinski definition) is 3. The van der Waals surface area contributed by atoms with Gasteiger partial charge in [0.25, 0.3) is 0 Å². The van der Waals surface area contributed by atoms with Crippen LogP contribution < -0.4 is 0 Å². The predicted octanol–water partition coefficient (Wildman–Crippen LogP) is 6.78. The molecule has 0 amide bonds. The van der Waals surface area contributed by atoms with Gasteiger partial charge in [-0.25, -0.2) is 4.79 Å². The molecule has 0 radical (unpaired) electrons. The van der Waals surface area contributed by atoms with E-state index in [-0.39, 0.29) is 19.2 Å². The number of aryl methyl sites for hydroxylation is 2. The van der Waals surface area contributed by atoms with E-state index in [1.807, 2.05) is 0 Å². The Morgan fingerprint density at radius 3 is 2.34 bits per heavy atom. The van der Waals surface area contributed by atoms with Gasteiger partial charge in [0.1, 0.15) is 6.61 Å². The topological polar surface area (TPSA) is 46.5 Å². The second-order valence-electron chi connectivity index (χ2n) is 8.52. The van der Waals surface area contributed by atoms with Gasteiger partial charge in [-0.1, -0.05) is 68.8 Å². The highest BCUT2D eigenvalue weighted by Crippen LogP contribution is 2.28. The third kappa shape index (κ3) is 6.30. The minimum atomic E-state index is -0.385. The van der Waals surface area contributed by atoms with Gasteiger partial charge in [-0.15, -0.1) is 0 Å². The summed E-state index contributed by atoms with van der Waals surface area (Å²) in [6.45, 7) is 7.87. The Kier molecular flexibility index (Phi) is 8.64. The van der Waals surface area contributed by atoms with E-state index in [2.05, 4.69) is 68.1 Å². The number of aliphatic hydroxyl groups excluding tert-OH is 1. The van der Waals surface area contributed by atoms with Crippen LogP contribution in [0.5, 0.6) is 0 Å². The van der Waals surface area contributed by atoms with Crippen LogP contribution in [0, 0.1) is 0 Å². The molecule has 0 atom stereocenters. The Bertz CT molecular complexity index is 1080. The third-order valence-corrected chi connectivity index (χ3v) is 5.82. The first-order valence-corrected chi connectivity index (χ1v) is 11.6. The van der Waals surface area contributed by atoms with Crippen molar-refractivity contribution in [3.05, 3.63) is 83.4 Å². The average Bonchev–Trinajstić information content (AvgIpc) is 2.81. The molecule has 0 spiro atoms. The van der Waals surface area contributed by atoms with Crippen molar-refractivity contribution in [1.29, 1.82) is 0 Å². The van der Waals surface area contributed by atoms with Crippen molar-refractivity contribution in [2.75, 3.05) is 6.61 Å². The van der Waals surface area contributed by atoms with Crippen LogP contribution in [-0.2, 0) is 29.0 Å². The summed E-state index contributed by atoms with van der Waals surface area (Å²) in [6, 6.07) is 19.6. The predicted molar refractivity (Wildman–Crippen MR) is 133 cm³/mol. The number of esters is 1. The Morgan fingerprint density at radius 2 is 1.59 bits per heavy atom. The van der Waals surface area contributed by atoms with Gasteiger partial charge in [0, 0.05) is 12.2 Å². The van der Waals surface area contributed by atoms with Gasteiger partial charge in [-0.3, -0.25) is 0 Å². The van der Waals surface area contributed by atoms with Gasteiger partial charge in [0.2, 0.25) is 0 Å². The Morgan fingerprint density at radius 1 is 0.875 bits per heavy atom. The summed E-state index contributed by atoms with van der Waals surface area (Å²) < 4.78 is 5.42. The molecule has 3 rings (SSSR count). The van der Waals surface area contributed by atoms with E-state index in [9.17, 15) is 9.90 Å². The first-order valence-electron chi connectivity index (χ1n) is 11.6. The quantitative estimate of drug-likeness (QED) is 0.207. The monoisotopic (exact) mass is 430 g/mol. The SMILES string of the molecule is C=C(C)C(=O)OCc1cc(-c2ccc3cc(CCCCC)ccc3c2)ccc1CCCO. The summed E-state index contributed by atoms with van der Waals surface area (Å²) in [5.41, 5.74) is 6.08. The molecular weight excluding hydrogens is 396 g/mol. The number of carbonyl (C=O) groups is 1. The second-order valence-corrected chi connectivity index (χ2v) is 8.52. The lowest BCUT2D eigenvalue weighted by Crippen LogP contribution is -2.07. The molecule has 0 bridgehead atoms. The summed E-state index contributed by atoms with van der Waals surface area (Å²) >= 11 is 0. The van der Waals surface area contributed by atoms with Crippen LogP contribution in [0.2, 0.25) is 0 Å². The van der Waals surface area contributed by atoms with Crippen LogP contribution in [0.4, 0.5) is 0 Å². The van der Waals surface area contributed by atoms with Crippen LogP contribution in [0.25, 0.3) is 21.9 Å².